The summed E-state index contributed by atoms with van der Waals surface area (Å²) in [5.74, 6) is 1.42. The van der Waals surface area contributed by atoms with Crippen LogP contribution in [0.1, 0.15) is 10.7 Å². The number of halogens is 1. The molecule has 0 spiro atoms. The molecule has 0 aromatic carbocycles. The van der Waals surface area contributed by atoms with Gasteiger partial charge in [-0.1, -0.05) is 17.7 Å². The Morgan fingerprint density at radius 3 is 2.64 bits per heavy atom. The highest BCUT2D eigenvalue weighted by Crippen LogP contribution is 2.23. The molecule has 0 atom stereocenters. The molecule has 0 unspecified atom stereocenters. The predicted octanol–water partition coefficient (Wildman–Crippen LogP) is 2.42. The van der Waals surface area contributed by atoms with Crippen molar-refractivity contribution >= 4 is 34.8 Å². The fraction of sp³-hybridized carbons (Fsp3) is 0.357. The van der Waals surface area contributed by atoms with Gasteiger partial charge in [-0.15, -0.1) is 17.9 Å². The second kappa shape index (κ2) is 7.53. The summed E-state index contributed by atoms with van der Waals surface area (Å²) in [7, 11) is 3.74. The van der Waals surface area contributed by atoms with E-state index in [1.807, 2.05) is 32.3 Å². The lowest BCUT2D eigenvalue weighted by Gasteiger charge is -2.19. The Morgan fingerprint density at radius 2 is 2.05 bits per heavy atom. The van der Waals surface area contributed by atoms with Crippen molar-refractivity contribution in [3.05, 3.63) is 39.8 Å². The number of aromatic nitrogens is 3. The second-order valence-electron chi connectivity index (χ2n) is 4.97. The Labute approximate surface area is 139 Å². The average Bonchev–Trinajstić information content (AvgIpc) is 2.83. The highest BCUT2D eigenvalue weighted by molar-refractivity contribution is 7.16. The van der Waals surface area contributed by atoms with Gasteiger partial charge in [0.05, 0.1) is 10.9 Å². The van der Waals surface area contributed by atoms with Crippen LogP contribution in [0.4, 0.5) is 11.9 Å². The molecule has 2 aromatic rings. The highest BCUT2D eigenvalue weighted by Gasteiger charge is 2.12. The van der Waals surface area contributed by atoms with Crippen molar-refractivity contribution in [3.8, 4) is 0 Å². The third kappa shape index (κ3) is 4.66. The van der Waals surface area contributed by atoms with Gasteiger partial charge in [0.1, 0.15) is 5.82 Å². The Balaban J connectivity index is 2.15. The zero-order chi connectivity index (χ0) is 16.1. The van der Waals surface area contributed by atoms with Gasteiger partial charge in [-0.3, -0.25) is 4.90 Å². The van der Waals surface area contributed by atoms with Crippen LogP contribution in [-0.4, -0.2) is 40.5 Å². The maximum absolute atomic E-state index is 5.98. The number of thiophene rings is 1. The van der Waals surface area contributed by atoms with E-state index >= 15 is 0 Å². The number of hydrogen-bond acceptors (Lipinski definition) is 7. The van der Waals surface area contributed by atoms with Gasteiger partial charge in [-0.25, -0.2) is 0 Å². The third-order valence-electron chi connectivity index (χ3n) is 2.85. The molecule has 2 aromatic heterocycles. The minimum Gasteiger partial charge on any atom is -0.368 e. The van der Waals surface area contributed by atoms with E-state index in [1.54, 1.807) is 16.2 Å². The molecule has 0 aliphatic heterocycles. The average molecular weight is 339 g/mol. The van der Waals surface area contributed by atoms with E-state index < -0.39 is 0 Å². The van der Waals surface area contributed by atoms with Crippen molar-refractivity contribution in [3.63, 3.8) is 0 Å². The smallest absolute Gasteiger partial charge is 0.229 e. The SMILES string of the molecule is C=CCN(Cc1nc(N)nc(N(C)C)n1)Cc1ccc(Cl)s1. The summed E-state index contributed by atoms with van der Waals surface area (Å²) in [5.41, 5.74) is 5.76. The van der Waals surface area contributed by atoms with E-state index in [0.29, 0.717) is 18.3 Å². The second-order valence-corrected chi connectivity index (χ2v) is 6.77. The quantitative estimate of drug-likeness (QED) is 0.782. The molecule has 2 rings (SSSR count). The molecule has 0 bridgehead atoms. The first-order valence-electron chi connectivity index (χ1n) is 6.73. The standard InChI is InChI=1S/C14H19ClN6S/c1-4-7-21(8-10-5-6-11(15)22-10)9-12-17-13(16)19-14(18-12)20(2)3/h4-6H,1,7-9H2,2-3H3,(H2,16,17,18,19). The van der Waals surface area contributed by atoms with Crippen LogP contribution in [0, 0.1) is 0 Å². The summed E-state index contributed by atoms with van der Waals surface area (Å²) >= 11 is 7.55. The van der Waals surface area contributed by atoms with Gasteiger partial charge in [0.15, 0.2) is 0 Å². The Kier molecular flexibility index (Phi) is 5.70. The molecule has 0 saturated heterocycles. The topological polar surface area (TPSA) is 71.2 Å². The lowest BCUT2D eigenvalue weighted by atomic mass is 10.3. The summed E-state index contributed by atoms with van der Waals surface area (Å²) in [5, 5.41) is 0. The van der Waals surface area contributed by atoms with E-state index in [9.17, 15) is 0 Å². The van der Waals surface area contributed by atoms with Crippen molar-refractivity contribution in [1.29, 1.82) is 0 Å². The lowest BCUT2D eigenvalue weighted by Crippen LogP contribution is -2.25. The van der Waals surface area contributed by atoms with Gasteiger partial charge in [-0.05, 0) is 12.1 Å². The van der Waals surface area contributed by atoms with Gasteiger partial charge in [0.25, 0.3) is 0 Å². The molecule has 118 valence electrons. The summed E-state index contributed by atoms with van der Waals surface area (Å²) in [4.78, 5) is 17.9. The molecule has 6 nitrogen and oxygen atoms in total. The fourth-order valence-electron chi connectivity index (χ4n) is 1.92. The first kappa shape index (κ1) is 16.7. The molecular formula is C14H19ClN6S. The van der Waals surface area contributed by atoms with Gasteiger partial charge in [-0.2, -0.15) is 15.0 Å². The molecule has 0 saturated carbocycles. The van der Waals surface area contributed by atoms with Gasteiger partial charge in [0.2, 0.25) is 11.9 Å². The lowest BCUT2D eigenvalue weighted by molar-refractivity contribution is 0.281. The number of hydrogen-bond donors (Lipinski definition) is 1. The van der Waals surface area contributed by atoms with Crippen LogP contribution in [0.25, 0.3) is 0 Å². The molecule has 2 heterocycles. The van der Waals surface area contributed by atoms with E-state index in [-0.39, 0.29) is 5.95 Å². The summed E-state index contributed by atoms with van der Waals surface area (Å²) in [6.45, 7) is 5.84. The van der Waals surface area contributed by atoms with Crippen LogP contribution >= 0.6 is 22.9 Å². The Hall–Kier alpha value is -1.70. The number of nitrogens with zero attached hydrogens (tertiary/aromatic N) is 5. The van der Waals surface area contributed by atoms with Crippen molar-refractivity contribution in [2.45, 2.75) is 13.1 Å². The predicted molar refractivity (Wildman–Crippen MR) is 92.2 cm³/mol. The van der Waals surface area contributed by atoms with Crippen molar-refractivity contribution in [1.82, 2.24) is 19.9 Å². The molecule has 8 heteroatoms. The zero-order valence-corrected chi connectivity index (χ0v) is 14.2. The van der Waals surface area contributed by atoms with Crippen molar-refractivity contribution in [2.75, 3.05) is 31.3 Å². The van der Waals surface area contributed by atoms with Crippen LogP contribution in [0.3, 0.4) is 0 Å². The van der Waals surface area contributed by atoms with Crippen LogP contribution in [0.2, 0.25) is 4.34 Å². The normalized spacial score (nSPS) is 10.9. The maximum atomic E-state index is 5.98. The molecule has 22 heavy (non-hydrogen) atoms. The molecule has 0 amide bonds. The van der Waals surface area contributed by atoms with Crippen molar-refractivity contribution in [2.24, 2.45) is 0 Å². The molecule has 0 fully saturated rings. The molecule has 0 aliphatic carbocycles. The highest BCUT2D eigenvalue weighted by atomic mass is 35.5. The minimum absolute atomic E-state index is 0.228. The number of nitrogen functional groups attached to an aromatic ring is 1. The first-order valence-corrected chi connectivity index (χ1v) is 7.92. The van der Waals surface area contributed by atoms with E-state index in [0.717, 1.165) is 17.4 Å². The van der Waals surface area contributed by atoms with Crippen LogP contribution in [0.15, 0.2) is 24.8 Å². The Morgan fingerprint density at radius 1 is 1.27 bits per heavy atom. The molecule has 0 radical (unpaired) electrons. The van der Waals surface area contributed by atoms with E-state index in [2.05, 4.69) is 26.4 Å². The van der Waals surface area contributed by atoms with E-state index in [4.69, 9.17) is 17.3 Å². The first-order chi connectivity index (χ1) is 10.5. The summed E-state index contributed by atoms with van der Waals surface area (Å²) in [6, 6.07) is 3.93. The van der Waals surface area contributed by atoms with Crippen molar-refractivity contribution < 1.29 is 0 Å². The van der Waals surface area contributed by atoms with Gasteiger partial charge >= 0.3 is 0 Å². The largest absolute Gasteiger partial charge is 0.368 e. The Bertz CT molecular complexity index is 642. The number of anilines is 2. The summed E-state index contributed by atoms with van der Waals surface area (Å²) in [6.07, 6.45) is 1.85. The van der Waals surface area contributed by atoms with Crippen LogP contribution in [-0.2, 0) is 13.1 Å². The number of rotatable bonds is 7. The van der Waals surface area contributed by atoms with Crippen LogP contribution in [0.5, 0.6) is 0 Å². The molecule has 0 aliphatic rings. The number of nitrogens with two attached hydrogens (primary N) is 1. The van der Waals surface area contributed by atoms with Gasteiger partial charge < -0.3 is 10.6 Å². The molecular weight excluding hydrogens is 320 g/mol. The fourth-order valence-corrected chi connectivity index (χ4v) is 3.05. The molecule has 2 N–H and O–H groups in total. The van der Waals surface area contributed by atoms with Crippen LogP contribution < -0.4 is 10.6 Å². The monoisotopic (exact) mass is 338 g/mol. The summed E-state index contributed by atoms with van der Waals surface area (Å²) < 4.78 is 0.785. The minimum atomic E-state index is 0.228. The zero-order valence-electron chi connectivity index (χ0n) is 12.7. The van der Waals surface area contributed by atoms with Gasteiger partial charge in [0, 0.05) is 32.1 Å². The maximum Gasteiger partial charge on any atom is 0.229 e. The van der Waals surface area contributed by atoms with E-state index in [1.165, 1.54) is 4.88 Å². The third-order valence-corrected chi connectivity index (χ3v) is 4.06.